The van der Waals surface area contributed by atoms with Gasteiger partial charge in [0.15, 0.2) is 0 Å². The summed E-state index contributed by atoms with van der Waals surface area (Å²) < 4.78 is 0. The second-order valence-electron chi connectivity index (χ2n) is 6.01. The van der Waals surface area contributed by atoms with E-state index in [0.29, 0.717) is 16.5 Å². The molecular weight excluding hydrogens is 298 g/mol. The molecule has 0 spiro atoms. The number of carbonyl (C=O) groups excluding carboxylic acids is 2. The Balaban J connectivity index is 1.90. The monoisotopic (exact) mass is 315 g/mol. The van der Waals surface area contributed by atoms with Crippen LogP contribution in [0.2, 0.25) is 0 Å². The zero-order valence-corrected chi connectivity index (χ0v) is 13.4. The van der Waals surface area contributed by atoms with Gasteiger partial charge in [-0.05, 0) is 36.8 Å². The van der Waals surface area contributed by atoms with Crippen LogP contribution in [0.1, 0.15) is 36.6 Å². The van der Waals surface area contributed by atoms with Crippen molar-refractivity contribution in [1.29, 1.82) is 5.26 Å². The van der Waals surface area contributed by atoms with Crippen molar-refractivity contribution < 1.29 is 9.59 Å². The smallest absolute Gasteiger partial charge is 0.242 e. The molecule has 6 heteroatoms. The quantitative estimate of drug-likeness (QED) is 0.780. The number of hydrogen-bond donors (Lipinski definition) is 0. The fourth-order valence-corrected chi connectivity index (χ4v) is 4.09. The molecule has 2 amide bonds. The number of nitrogens with zero attached hydrogens (tertiary/aromatic N) is 3. The Kier molecular flexibility index (Phi) is 3.92. The molecule has 2 heterocycles. The van der Waals surface area contributed by atoms with Crippen molar-refractivity contribution in [3.8, 4) is 6.07 Å². The Bertz CT molecular complexity index is 695. The van der Waals surface area contributed by atoms with Crippen molar-refractivity contribution in [1.82, 2.24) is 9.88 Å². The minimum Gasteiger partial charge on any atom is -0.285 e. The normalized spacial score (nSPS) is 24.3. The van der Waals surface area contributed by atoms with Crippen molar-refractivity contribution in [3.63, 3.8) is 0 Å². The number of fused-ring (bicyclic) bond motifs is 1. The lowest BCUT2D eigenvalue weighted by Gasteiger charge is -2.22. The second kappa shape index (κ2) is 5.73. The number of thioether (sulfide) groups is 1. The van der Waals surface area contributed by atoms with E-state index < -0.39 is 5.25 Å². The van der Waals surface area contributed by atoms with Crippen molar-refractivity contribution in [2.75, 3.05) is 7.05 Å². The van der Waals surface area contributed by atoms with Crippen LogP contribution in [0.25, 0.3) is 0 Å². The van der Waals surface area contributed by atoms with Gasteiger partial charge in [-0.2, -0.15) is 5.26 Å². The van der Waals surface area contributed by atoms with Crippen LogP contribution in [0, 0.1) is 17.2 Å². The van der Waals surface area contributed by atoms with E-state index >= 15 is 0 Å². The fourth-order valence-electron chi connectivity index (χ4n) is 2.95. The third kappa shape index (κ3) is 2.61. The number of hydrogen-bond acceptors (Lipinski definition) is 5. The summed E-state index contributed by atoms with van der Waals surface area (Å²) in [5.41, 5.74) is 2.68. The zero-order chi connectivity index (χ0) is 15.9. The first kappa shape index (κ1) is 15.0. The van der Waals surface area contributed by atoms with Crippen LogP contribution in [0.4, 0.5) is 0 Å². The summed E-state index contributed by atoms with van der Waals surface area (Å²) >= 11 is 1.25. The number of rotatable bonds is 2. The average molecular weight is 315 g/mol. The maximum absolute atomic E-state index is 12.0. The number of amides is 2. The van der Waals surface area contributed by atoms with Gasteiger partial charge < -0.3 is 0 Å². The lowest BCUT2D eigenvalue weighted by molar-refractivity contribution is -0.136. The summed E-state index contributed by atoms with van der Waals surface area (Å²) in [4.78, 5) is 29.4. The highest BCUT2D eigenvalue weighted by atomic mass is 32.2. The fraction of sp³-hybridized carbons (Fsp3) is 0.500. The lowest BCUT2D eigenvalue weighted by atomic mass is 9.87. The third-order valence-corrected chi connectivity index (χ3v) is 5.50. The Morgan fingerprint density at radius 3 is 2.82 bits per heavy atom. The van der Waals surface area contributed by atoms with E-state index in [1.165, 1.54) is 18.8 Å². The Morgan fingerprint density at radius 1 is 1.41 bits per heavy atom. The Labute approximate surface area is 133 Å². The summed E-state index contributed by atoms with van der Waals surface area (Å²) in [5.74, 6) is 0.238. The molecule has 0 bridgehead atoms. The maximum atomic E-state index is 12.0. The predicted octanol–water partition coefficient (Wildman–Crippen LogP) is 1.93. The van der Waals surface area contributed by atoms with Gasteiger partial charge in [0, 0.05) is 19.2 Å². The minimum atomic E-state index is -0.460. The van der Waals surface area contributed by atoms with Gasteiger partial charge in [-0.25, -0.2) is 4.98 Å². The number of imide groups is 1. The van der Waals surface area contributed by atoms with E-state index in [0.717, 1.165) is 35.4 Å². The van der Waals surface area contributed by atoms with E-state index in [-0.39, 0.29) is 18.2 Å². The zero-order valence-electron chi connectivity index (χ0n) is 12.6. The van der Waals surface area contributed by atoms with Crippen molar-refractivity contribution in [2.24, 2.45) is 5.92 Å². The van der Waals surface area contributed by atoms with Crippen LogP contribution in [-0.2, 0) is 22.4 Å². The van der Waals surface area contributed by atoms with Gasteiger partial charge in [-0.15, -0.1) is 0 Å². The lowest BCUT2D eigenvalue weighted by Crippen LogP contribution is -2.26. The molecule has 0 aromatic carbocycles. The topological polar surface area (TPSA) is 74.1 Å². The van der Waals surface area contributed by atoms with Crippen LogP contribution in [0.15, 0.2) is 11.1 Å². The molecule has 5 nitrogen and oxygen atoms in total. The van der Waals surface area contributed by atoms with E-state index in [1.807, 2.05) is 6.07 Å². The van der Waals surface area contributed by atoms with Crippen molar-refractivity contribution >= 4 is 23.6 Å². The SMILES string of the molecule is CC1CCc2nc(SC3CC(=O)N(C)C3=O)c(C#N)cc2C1. The van der Waals surface area contributed by atoms with Gasteiger partial charge in [-0.1, -0.05) is 18.7 Å². The molecule has 22 heavy (non-hydrogen) atoms. The molecule has 1 aromatic heterocycles. The largest absolute Gasteiger partial charge is 0.285 e. The summed E-state index contributed by atoms with van der Waals surface area (Å²) in [5, 5.41) is 9.48. The number of carbonyl (C=O) groups is 2. The highest BCUT2D eigenvalue weighted by molar-refractivity contribution is 8.00. The minimum absolute atomic E-state index is 0.173. The molecule has 0 radical (unpaired) electrons. The van der Waals surface area contributed by atoms with Crippen LogP contribution < -0.4 is 0 Å². The molecule has 2 atom stereocenters. The van der Waals surface area contributed by atoms with Crippen molar-refractivity contribution in [3.05, 3.63) is 22.9 Å². The summed E-state index contributed by atoms with van der Waals surface area (Å²) in [6.45, 7) is 2.20. The molecule has 1 fully saturated rings. The van der Waals surface area contributed by atoms with Crippen LogP contribution in [0.5, 0.6) is 0 Å². The van der Waals surface area contributed by atoms with Gasteiger partial charge in [0.05, 0.1) is 10.8 Å². The van der Waals surface area contributed by atoms with E-state index in [1.54, 1.807) is 0 Å². The molecule has 114 valence electrons. The predicted molar refractivity (Wildman–Crippen MR) is 82.2 cm³/mol. The highest BCUT2D eigenvalue weighted by Gasteiger charge is 2.37. The Morgan fingerprint density at radius 2 is 2.18 bits per heavy atom. The molecule has 2 aliphatic rings. The molecule has 1 aliphatic heterocycles. The first-order valence-corrected chi connectivity index (χ1v) is 8.27. The number of pyridine rings is 1. The van der Waals surface area contributed by atoms with Crippen LogP contribution >= 0.6 is 11.8 Å². The third-order valence-electron chi connectivity index (χ3n) is 4.31. The van der Waals surface area contributed by atoms with E-state index in [9.17, 15) is 14.9 Å². The van der Waals surface area contributed by atoms with Gasteiger partial charge >= 0.3 is 0 Å². The van der Waals surface area contributed by atoms with E-state index in [4.69, 9.17) is 0 Å². The summed E-state index contributed by atoms with van der Waals surface area (Å²) in [6, 6.07) is 4.09. The number of aryl methyl sites for hydroxylation is 1. The molecule has 1 aliphatic carbocycles. The summed E-state index contributed by atoms with van der Waals surface area (Å²) in [7, 11) is 1.50. The molecule has 1 saturated heterocycles. The molecule has 1 aromatic rings. The van der Waals surface area contributed by atoms with Gasteiger partial charge in [0.25, 0.3) is 0 Å². The highest BCUT2D eigenvalue weighted by Crippen LogP contribution is 2.34. The van der Waals surface area contributed by atoms with Gasteiger partial charge in [-0.3, -0.25) is 14.5 Å². The van der Waals surface area contributed by atoms with Crippen LogP contribution in [-0.4, -0.2) is 34.0 Å². The molecule has 0 saturated carbocycles. The first-order valence-electron chi connectivity index (χ1n) is 7.39. The number of nitriles is 1. The second-order valence-corrected chi connectivity index (χ2v) is 7.20. The Hall–Kier alpha value is -1.87. The molecule has 3 rings (SSSR count). The van der Waals surface area contributed by atoms with Gasteiger partial charge in [0.2, 0.25) is 11.8 Å². The molecule has 0 N–H and O–H groups in total. The van der Waals surface area contributed by atoms with Crippen molar-refractivity contribution in [2.45, 2.75) is 42.9 Å². The average Bonchev–Trinajstić information content (AvgIpc) is 2.74. The first-order chi connectivity index (χ1) is 10.5. The number of likely N-dealkylation sites (tertiary alicyclic amines) is 1. The van der Waals surface area contributed by atoms with E-state index in [2.05, 4.69) is 18.0 Å². The maximum Gasteiger partial charge on any atom is 0.242 e. The standard InChI is InChI=1S/C16H17N3O2S/c1-9-3-4-12-10(5-9)6-11(8-17)15(18-12)22-13-7-14(20)19(2)16(13)21/h6,9,13H,3-5,7H2,1-2H3. The van der Waals surface area contributed by atoms with Gasteiger partial charge in [0.1, 0.15) is 11.1 Å². The van der Waals surface area contributed by atoms with Crippen LogP contribution in [0.3, 0.4) is 0 Å². The molecular formula is C16H17N3O2S. The number of aromatic nitrogens is 1. The molecule has 2 unspecified atom stereocenters. The summed E-state index contributed by atoms with van der Waals surface area (Å²) in [6.07, 6.45) is 3.14.